The molecule has 2 atom stereocenters. The van der Waals surface area contributed by atoms with E-state index in [9.17, 15) is 18.0 Å². The molecule has 21 heavy (non-hydrogen) atoms. The maximum absolute atomic E-state index is 12.7. The fourth-order valence-corrected chi connectivity index (χ4v) is 2.39. The van der Waals surface area contributed by atoms with Crippen LogP contribution in [0.5, 0.6) is 0 Å². The van der Waals surface area contributed by atoms with Crippen LogP contribution >= 0.6 is 0 Å². The van der Waals surface area contributed by atoms with Crippen LogP contribution in [0, 0.1) is 5.92 Å². The van der Waals surface area contributed by atoms with Crippen LogP contribution in [0.2, 0.25) is 0 Å². The Morgan fingerprint density at radius 2 is 2.19 bits per heavy atom. The molecule has 2 rings (SSSR count). The van der Waals surface area contributed by atoms with E-state index >= 15 is 0 Å². The molecular formula is C13H15F3N2O3. The minimum Gasteiger partial charge on any atom is -0.481 e. The van der Waals surface area contributed by atoms with Crippen LogP contribution in [-0.4, -0.2) is 41.9 Å². The summed E-state index contributed by atoms with van der Waals surface area (Å²) in [5, 5.41) is 9.15. The van der Waals surface area contributed by atoms with E-state index < -0.39 is 29.8 Å². The van der Waals surface area contributed by atoms with E-state index in [-0.39, 0.29) is 19.0 Å². The van der Waals surface area contributed by atoms with Crippen molar-refractivity contribution >= 4 is 11.8 Å². The number of hydrogen-bond donors (Lipinski definition) is 1. The summed E-state index contributed by atoms with van der Waals surface area (Å²) in [5.74, 6) is -1.70. The maximum Gasteiger partial charge on any atom is 0.433 e. The van der Waals surface area contributed by atoms with Crippen LogP contribution in [-0.2, 0) is 15.7 Å². The van der Waals surface area contributed by atoms with Crippen molar-refractivity contribution < 1.29 is 27.8 Å². The van der Waals surface area contributed by atoms with Gasteiger partial charge in [-0.1, -0.05) is 6.07 Å². The second-order valence-electron chi connectivity index (χ2n) is 4.71. The number of ether oxygens (including phenoxy) is 1. The fourth-order valence-electron chi connectivity index (χ4n) is 2.39. The van der Waals surface area contributed by atoms with E-state index in [0.29, 0.717) is 6.54 Å². The quantitative estimate of drug-likeness (QED) is 0.922. The average molecular weight is 304 g/mol. The molecule has 1 aromatic rings. The molecule has 1 fully saturated rings. The lowest BCUT2D eigenvalue weighted by Gasteiger charge is -2.30. The first-order valence-electron chi connectivity index (χ1n) is 6.46. The summed E-state index contributed by atoms with van der Waals surface area (Å²) in [6.07, 6.45) is -4.53. The molecule has 0 saturated carbocycles. The lowest BCUT2D eigenvalue weighted by molar-refractivity contribution is -0.142. The minimum atomic E-state index is -4.53. The van der Waals surface area contributed by atoms with Gasteiger partial charge in [0.2, 0.25) is 0 Å². The van der Waals surface area contributed by atoms with Crippen LogP contribution in [0.3, 0.4) is 0 Å². The van der Waals surface area contributed by atoms with Crippen molar-refractivity contribution in [3.8, 4) is 0 Å². The number of pyridine rings is 1. The summed E-state index contributed by atoms with van der Waals surface area (Å²) in [6.45, 7) is 2.28. The number of anilines is 1. The van der Waals surface area contributed by atoms with Gasteiger partial charge in [0.25, 0.3) is 0 Å². The molecule has 8 heteroatoms. The molecule has 1 N–H and O–H groups in total. The summed E-state index contributed by atoms with van der Waals surface area (Å²) in [6, 6.07) is 3.07. The van der Waals surface area contributed by atoms with Crippen molar-refractivity contribution in [2.24, 2.45) is 5.92 Å². The Morgan fingerprint density at radius 3 is 2.76 bits per heavy atom. The van der Waals surface area contributed by atoms with Gasteiger partial charge in [-0.2, -0.15) is 13.2 Å². The summed E-state index contributed by atoms with van der Waals surface area (Å²) in [7, 11) is 0. The normalized spacial score (nSPS) is 22.3. The Bertz CT molecular complexity index is 522. The third kappa shape index (κ3) is 3.26. The molecule has 5 nitrogen and oxygen atoms in total. The van der Waals surface area contributed by atoms with E-state index in [2.05, 4.69) is 4.98 Å². The summed E-state index contributed by atoms with van der Waals surface area (Å²) in [5.41, 5.74) is -0.996. The van der Waals surface area contributed by atoms with Crippen molar-refractivity contribution in [1.82, 2.24) is 4.98 Å². The Labute approximate surface area is 119 Å². The third-order valence-electron chi connectivity index (χ3n) is 3.43. The lowest BCUT2D eigenvalue weighted by atomic mass is 10.0. The highest BCUT2D eigenvalue weighted by atomic mass is 19.4. The molecule has 116 valence electrons. The van der Waals surface area contributed by atoms with Crippen molar-refractivity contribution in [3.63, 3.8) is 0 Å². The number of aromatic nitrogens is 1. The monoisotopic (exact) mass is 304 g/mol. The number of likely N-dealkylation sites (N-methyl/N-ethyl adjacent to an activating group) is 1. The van der Waals surface area contributed by atoms with Crippen LogP contribution in [0.1, 0.15) is 12.6 Å². The predicted molar refractivity (Wildman–Crippen MR) is 68.0 cm³/mol. The number of aliphatic carboxylic acids is 1. The van der Waals surface area contributed by atoms with Crippen molar-refractivity contribution in [2.75, 3.05) is 24.7 Å². The van der Waals surface area contributed by atoms with E-state index in [4.69, 9.17) is 9.84 Å². The zero-order valence-electron chi connectivity index (χ0n) is 11.3. The van der Waals surface area contributed by atoms with E-state index in [1.165, 1.54) is 12.1 Å². The fraction of sp³-hybridized carbons (Fsp3) is 0.538. The zero-order chi connectivity index (χ0) is 15.6. The second-order valence-corrected chi connectivity index (χ2v) is 4.71. The van der Waals surface area contributed by atoms with Gasteiger partial charge >= 0.3 is 12.1 Å². The predicted octanol–water partition coefficient (Wildman–Crippen LogP) is 2.03. The highest BCUT2D eigenvalue weighted by molar-refractivity contribution is 5.72. The van der Waals surface area contributed by atoms with Crippen LogP contribution in [0.25, 0.3) is 0 Å². The van der Waals surface area contributed by atoms with Crippen molar-refractivity contribution in [3.05, 3.63) is 23.9 Å². The lowest BCUT2D eigenvalue weighted by Crippen LogP contribution is -2.43. The second kappa shape index (κ2) is 5.88. The minimum absolute atomic E-state index is 0.0511. The van der Waals surface area contributed by atoms with Gasteiger partial charge in [0.05, 0.1) is 19.3 Å². The van der Waals surface area contributed by atoms with Gasteiger partial charge in [-0.25, -0.2) is 4.98 Å². The van der Waals surface area contributed by atoms with Gasteiger partial charge in [0.1, 0.15) is 17.4 Å². The SMILES string of the molecule is CCN(c1cccc(C(F)(F)F)n1)C1COCC1C(=O)O. The standard InChI is InChI=1S/C13H15F3N2O3/c1-2-18(9-7-21-6-8(9)12(19)20)11-5-3-4-10(17-11)13(14,15)16/h3-5,8-9H,2,6-7H2,1H3,(H,19,20). The van der Waals surface area contributed by atoms with E-state index in [1.807, 2.05) is 0 Å². The largest absolute Gasteiger partial charge is 0.481 e. The molecule has 0 amide bonds. The van der Waals surface area contributed by atoms with Crippen molar-refractivity contribution in [1.29, 1.82) is 0 Å². The average Bonchev–Trinajstić information content (AvgIpc) is 2.88. The molecule has 0 bridgehead atoms. The summed E-state index contributed by atoms with van der Waals surface area (Å²) >= 11 is 0. The number of carbonyl (C=O) groups is 1. The van der Waals surface area contributed by atoms with Gasteiger partial charge < -0.3 is 14.7 Å². The first kappa shape index (κ1) is 15.6. The molecular weight excluding hydrogens is 289 g/mol. The molecule has 0 spiro atoms. The zero-order valence-corrected chi connectivity index (χ0v) is 11.3. The topological polar surface area (TPSA) is 62.7 Å². The molecule has 0 aliphatic carbocycles. The first-order valence-corrected chi connectivity index (χ1v) is 6.46. The Kier molecular flexibility index (Phi) is 4.36. The molecule has 2 unspecified atom stereocenters. The molecule has 1 aliphatic heterocycles. The van der Waals surface area contributed by atoms with Crippen LogP contribution < -0.4 is 4.90 Å². The van der Waals surface area contributed by atoms with Crippen LogP contribution in [0.4, 0.5) is 19.0 Å². The molecule has 0 aromatic carbocycles. The van der Waals surface area contributed by atoms with E-state index in [1.54, 1.807) is 11.8 Å². The van der Waals surface area contributed by atoms with Gasteiger partial charge in [-0.3, -0.25) is 4.79 Å². The molecule has 1 aromatic heterocycles. The molecule has 1 aliphatic rings. The first-order chi connectivity index (χ1) is 9.84. The van der Waals surface area contributed by atoms with Gasteiger partial charge in [-0.05, 0) is 19.1 Å². The third-order valence-corrected chi connectivity index (χ3v) is 3.43. The van der Waals surface area contributed by atoms with Gasteiger partial charge in [0, 0.05) is 6.54 Å². The Morgan fingerprint density at radius 1 is 1.48 bits per heavy atom. The number of hydrogen-bond acceptors (Lipinski definition) is 4. The number of carboxylic acids is 1. The number of carboxylic acid groups (broad SMARTS) is 1. The smallest absolute Gasteiger partial charge is 0.433 e. The van der Waals surface area contributed by atoms with Crippen molar-refractivity contribution in [2.45, 2.75) is 19.1 Å². The Balaban J connectivity index is 2.31. The van der Waals surface area contributed by atoms with Crippen LogP contribution in [0.15, 0.2) is 18.2 Å². The highest BCUT2D eigenvalue weighted by Gasteiger charge is 2.39. The maximum atomic E-state index is 12.7. The number of alkyl halides is 3. The summed E-state index contributed by atoms with van der Waals surface area (Å²) < 4.78 is 43.3. The molecule has 1 saturated heterocycles. The van der Waals surface area contributed by atoms with E-state index in [0.717, 1.165) is 6.07 Å². The van der Waals surface area contributed by atoms with Gasteiger partial charge in [-0.15, -0.1) is 0 Å². The molecule has 2 heterocycles. The Hall–Kier alpha value is -1.83. The number of nitrogens with zero attached hydrogens (tertiary/aromatic N) is 2. The number of halogens is 3. The summed E-state index contributed by atoms with van der Waals surface area (Å²) in [4.78, 5) is 16.3. The number of rotatable bonds is 4. The van der Waals surface area contributed by atoms with Gasteiger partial charge in [0.15, 0.2) is 0 Å². The molecule has 0 radical (unpaired) electrons. The highest BCUT2D eigenvalue weighted by Crippen LogP contribution is 2.30.